The Morgan fingerprint density at radius 2 is 1.07 bits per heavy atom. The molecule has 2 fully saturated rings. The van der Waals surface area contributed by atoms with Gasteiger partial charge in [-0.15, -0.1) is 0 Å². The molecule has 0 saturated heterocycles. The average Bonchev–Trinajstić information content (AvgIpc) is 2.91. The fraction of sp³-hybridized carbons (Fsp3) is 0.667. The summed E-state index contributed by atoms with van der Waals surface area (Å²) in [4.78, 5) is 0. The molecular formula is C24H34Cl2Zr. The standard InChI is InChI=1S/2C12H17.2ClH.Zr/c2*1-9-7-11-6-4-3-5-10(2)12(11)8-9;;;/h2*3-4,6-7,9-10,12H,5,8H2,1-2H3;2*1H;/q;;;;+2/p-2. The normalized spacial score (nSPS) is 42.4. The van der Waals surface area contributed by atoms with Gasteiger partial charge < -0.3 is 24.8 Å². The first-order valence-corrected chi connectivity index (χ1v) is 13.4. The predicted octanol–water partition coefficient (Wildman–Crippen LogP) is 1.01. The SMILES string of the molecule is CC1CC=CC=C2C1CC(C)[CH]2[Zr+2][CH]1C2=CC=CCC(C)C2CC1C.[Cl-].[Cl-]. The van der Waals surface area contributed by atoms with Crippen LogP contribution in [0.4, 0.5) is 0 Å². The second-order valence-electron chi connectivity index (χ2n) is 9.38. The fourth-order valence-electron chi connectivity index (χ4n) is 6.03. The molecule has 0 radical (unpaired) electrons. The number of rotatable bonds is 2. The topological polar surface area (TPSA) is 0 Å². The molecule has 4 aliphatic rings. The summed E-state index contributed by atoms with van der Waals surface area (Å²) in [5, 5.41) is 0. The number of hydrogen-bond acceptors (Lipinski definition) is 0. The summed E-state index contributed by atoms with van der Waals surface area (Å²) in [5.41, 5.74) is 3.74. The van der Waals surface area contributed by atoms with E-state index in [1.54, 1.807) is 0 Å². The smallest absolute Gasteiger partial charge is 1.00 e. The van der Waals surface area contributed by atoms with Gasteiger partial charge in [-0.05, 0) is 0 Å². The third-order valence-corrected chi connectivity index (χ3v) is 13.8. The van der Waals surface area contributed by atoms with Crippen molar-refractivity contribution >= 4 is 0 Å². The second-order valence-corrected chi connectivity index (χ2v) is 13.3. The van der Waals surface area contributed by atoms with Crippen LogP contribution in [0, 0.1) is 35.5 Å². The molecule has 4 aliphatic carbocycles. The van der Waals surface area contributed by atoms with E-state index in [0.717, 1.165) is 42.8 Å². The van der Waals surface area contributed by atoms with E-state index in [2.05, 4.69) is 64.2 Å². The zero-order valence-corrected chi connectivity index (χ0v) is 21.1. The van der Waals surface area contributed by atoms with Gasteiger partial charge in [-0.1, -0.05) is 0 Å². The first kappa shape index (κ1) is 23.7. The molecule has 0 nitrogen and oxygen atoms in total. The molecule has 2 saturated carbocycles. The minimum atomic E-state index is -0.487. The Morgan fingerprint density at radius 3 is 1.48 bits per heavy atom. The number of halogens is 2. The molecule has 8 atom stereocenters. The van der Waals surface area contributed by atoms with E-state index in [1.165, 1.54) is 25.7 Å². The van der Waals surface area contributed by atoms with Crippen LogP contribution in [0.2, 0.25) is 7.25 Å². The molecule has 0 aromatic heterocycles. The van der Waals surface area contributed by atoms with Crippen molar-refractivity contribution in [2.24, 2.45) is 35.5 Å². The van der Waals surface area contributed by atoms with Gasteiger partial charge in [-0.25, -0.2) is 0 Å². The molecule has 0 bridgehead atoms. The van der Waals surface area contributed by atoms with Crippen molar-refractivity contribution in [1.29, 1.82) is 0 Å². The van der Waals surface area contributed by atoms with Crippen LogP contribution < -0.4 is 24.8 Å². The maximum absolute atomic E-state index is 2.57. The maximum Gasteiger partial charge on any atom is -1.00 e. The van der Waals surface area contributed by atoms with Crippen LogP contribution in [0.25, 0.3) is 0 Å². The minimum Gasteiger partial charge on any atom is -1.00 e. The molecule has 0 heterocycles. The molecule has 8 unspecified atom stereocenters. The van der Waals surface area contributed by atoms with Crippen LogP contribution >= 0.6 is 0 Å². The van der Waals surface area contributed by atoms with Crippen molar-refractivity contribution < 1.29 is 48.0 Å². The minimum absolute atomic E-state index is 0. The largest absolute Gasteiger partial charge is 1.00 e. The van der Waals surface area contributed by atoms with E-state index in [0.29, 0.717) is 0 Å². The Hall–Kier alpha value is 0.423. The van der Waals surface area contributed by atoms with Gasteiger partial charge in [0.15, 0.2) is 0 Å². The molecule has 148 valence electrons. The van der Waals surface area contributed by atoms with Crippen molar-refractivity contribution in [3.8, 4) is 0 Å². The Bertz CT molecular complexity index is 578. The zero-order valence-electron chi connectivity index (χ0n) is 17.2. The summed E-state index contributed by atoms with van der Waals surface area (Å²) < 4.78 is 1.96. The van der Waals surface area contributed by atoms with Crippen LogP contribution in [0.5, 0.6) is 0 Å². The Kier molecular flexibility index (Phi) is 8.74. The van der Waals surface area contributed by atoms with Crippen LogP contribution in [-0.4, -0.2) is 0 Å². The Labute approximate surface area is 190 Å². The van der Waals surface area contributed by atoms with Gasteiger partial charge in [-0.3, -0.25) is 0 Å². The Balaban J connectivity index is 0.00000131. The van der Waals surface area contributed by atoms with Gasteiger partial charge in [0.25, 0.3) is 0 Å². The molecule has 27 heavy (non-hydrogen) atoms. The summed E-state index contributed by atoms with van der Waals surface area (Å²) in [5.74, 6) is 5.33. The fourth-order valence-corrected chi connectivity index (χ4v) is 11.7. The quantitative estimate of drug-likeness (QED) is 0.549. The molecule has 0 amide bonds. The average molecular weight is 485 g/mol. The summed E-state index contributed by atoms with van der Waals surface area (Å²) in [6.07, 6.45) is 20.2. The number of hydrogen-bond donors (Lipinski definition) is 0. The Morgan fingerprint density at radius 1 is 0.667 bits per heavy atom. The van der Waals surface area contributed by atoms with Gasteiger partial charge in [0, 0.05) is 0 Å². The van der Waals surface area contributed by atoms with Crippen molar-refractivity contribution in [3.63, 3.8) is 0 Å². The monoisotopic (exact) mass is 482 g/mol. The second kappa shape index (κ2) is 9.95. The molecule has 0 aromatic rings. The van der Waals surface area contributed by atoms with Crippen LogP contribution in [-0.2, 0) is 23.2 Å². The van der Waals surface area contributed by atoms with E-state index in [4.69, 9.17) is 0 Å². The number of allylic oxidation sites excluding steroid dienone is 8. The summed E-state index contributed by atoms with van der Waals surface area (Å²) in [6, 6.07) is 0. The zero-order chi connectivity index (χ0) is 17.6. The van der Waals surface area contributed by atoms with Crippen molar-refractivity contribution in [2.75, 3.05) is 0 Å². The number of fused-ring (bicyclic) bond motifs is 2. The van der Waals surface area contributed by atoms with E-state index in [9.17, 15) is 0 Å². The van der Waals surface area contributed by atoms with Gasteiger partial charge in [0.05, 0.1) is 0 Å². The van der Waals surface area contributed by atoms with Crippen LogP contribution in [0.3, 0.4) is 0 Å². The molecule has 0 N–H and O–H groups in total. The first-order valence-electron chi connectivity index (χ1n) is 10.6. The molecule has 0 aromatic carbocycles. The molecule has 0 aliphatic heterocycles. The van der Waals surface area contributed by atoms with E-state index in [-0.39, 0.29) is 24.8 Å². The molecule has 0 spiro atoms. The third-order valence-electron chi connectivity index (χ3n) is 7.56. The van der Waals surface area contributed by atoms with Crippen LogP contribution in [0.1, 0.15) is 53.4 Å². The van der Waals surface area contributed by atoms with E-state index in [1.807, 2.05) is 11.1 Å². The van der Waals surface area contributed by atoms with E-state index >= 15 is 0 Å². The van der Waals surface area contributed by atoms with Gasteiger partial charge in [0.2, 0.25) is 0 Å². The van der Waals surface area contributed by atoms with Gasteiger partial charge >= 0.3 is 167 Å². The molecule has 3 heteroatoms. The van der Waals surface area contributed by atoms with Crippen molar-refractivity contribution in [3.05, 3.63) is 47.6 Å². The summed E-state index contributed by atoms with van der Waals surface area (Å²) >= 11 is -0.487. The maximum atomic E-state index is 2.57. The molecule has 4 rings (SSSR count). The third kappa shape index (κ3) is 4.62. The molecular weight excluding hydrogens is 450 g/mol. The summed E-state index contributed by atoms with van der Waals surface area (Å²) in [6.45, 7) is 10.1. The van der Waals surface area contributed by atoms with Crippen molar-refractivity contribution in [1.82, 2.24) is 0 Å². The van der Waals surface area contributed by atoms with E-state index < -0.39 is 23.2 Å². The van der Waals surface area contributed by atoms with Crippen LogP contribution in [0.15, 0.2) is 47.6 Å². The van der Waals surface area contributed by atoms with Crippen molar-refractivity contribution in [2.45, 2.75) is 60.6 Å². The predicted molar refractivity (Wildman–Crippen MR) is 104 cm³/mol. The van der Waals surface area contributed by atoms with Gasteiger partial charge in [-0.2, -0.15) is 0 Å². The van der Waals surface area contributed by atoms with Gasteiger partial charge in [0.1, 0.15) is 0 Å². The first-order chi connectivity index (χ1) is 12.1. The summed E-state index contributed by atoms with van der Waals surface area (Å²) in [7, 11) is 0.